The van der Waals surface area contributed by atoms with E-state index >= 15 is 0 Å². The van der Waals surface area contributed by atoms with Gasteiger partial charge in [-0.3, -0.25) is 9.80 Å². The van der Waals surface area contributed by atoms with Crippen molar-refractivity contribution in [1.29, 1.82) is 0 Å². The van der Waals surface area contributed by atoms with Gasteiger partial charge in [0.2, 0.25) is 0 Å². The maximum atomic E-state index is 5.88. The second kappa shape index (κ2) is 9.62. The monoisotopic (exact) mass is 356 g/mol. The van der Waals surface area contributed by atoms with E-state index in [0.29, 0.717) is 0 Å². The zero-order chi connectivity index (χ0) is 17.3. The van der Waals surface area contributed by atoms with Crippen LogP contribution in [0.15, 0.2) is 60.7 Å². The van der Waals surface area contributed by atoms with Crippen LogP contribution < -0.4 is 4.74 Å². The third-order valence-electron chi connectivity index (χ3n) is 4.43. The maximum absolute atomic E-state index is 5.88. The molecular formula is C21H25ClN2O. The van der Waals surface area contributed by atoms with Crippen LogP contribution >= 0.6 is 11.6 Å². The Morgan fingerprint density at radius 3 is 2.28 bits per heavy atom. The van der Waals surface area contributed by atoms with Crippen molar-refractivity contribution >= 4 is 17.7 Å². The Balaban J connectivity index is 1.32. The molecule has 0 aliphatic carbocycles. The van der Waals surface area contributed by atoms with Crippen LogP contribution in [0.2, 0.25) is 5.02 Å². The van der Waals surface area contributed by atoms with Crippen molar-refractivity contribution in [3.8, 4) is 5.75 Å². The van der Waals surface area contributed by atoms with Crippen LogP contribution in [-0.2, 0) is 0 Å². The fourth-order valence-corrected chi connectivity index (χ4v) is 3.05. The van der Waals surface area contributed by atoms with Gasteiger partial charge in [0.05, 0.1) is 0 Å². The van der Waals surface area contributed by atoms with Gasteiger partial charge in [0.1, 0.15) is 12.4 Å². The molecule has 3 rings (SSSR count). The fourth-order valence-electron chi connectivity index (χ4n) is 2.92. The molecule has 0 atom stereocenters. The molecule has 0 saturated carbocycles. The average molecular weight is 357 g/mol. The van der Waals surface area contributed by atoms with Gasteiger partial charge in [-0.2, -0.15) is 0 Å². The average Bonchev–Trinajstić information content (AvgIpc) is 2.66. The molecule has 1 aliphatic heterocycles. The Kier molecular flexibility index (Phi) is 6.92. The van der Waals surface area contributed by atoms with E-state index in [1.165, 1.54) is 5.56 Å². The topological polar surface area (TPSA) is 15.7 Å². The number of ether oxygens (including phenoxy) is 1. The first-order valence-electron chi connectivity index (χ1n) is 8.84. The highest BCUT2D eigenvalue weighted by Crippen LogP contribution is 2.15. The summed E-state index contributed by atoms with van der Waals surface area (Å²) in [5, 5.41) is 0.741. The quantitative estimate of drug-likeness (QED) is 0.744. The third-order valence-corrected chi connectivity index (χ3v) is 4.68. The summed E-state index contributed by atoms with van der Waals surface area (Å²) in [7, 11) is 0. The van der Waals surface area contributed by atoms with Crippen LogP contribution in [0.5, 0.6) is 5.75 Å². The minimum Gasteiger partial charge on any atom is -0.492 e. The van der Waals surface area contributed by atoms with E-state index in [4.69, 9.17) is 16.3 Å². The van der Waals surface area contributed by atoms with Crippen molar-refractivity contribution < 1.29 is 4.74 Å². The van der Waals surface area contributed by atoms with Gasteiger partial charge in [-0.05, 0) is 29.8 Å². The molecule has 2 aromatic rings. The van der Waals surface area contributed by atoms with Crippen LogP contribution in [0.1, 0.15) is 5.56 Å². The number of halogens is 1. The van der Waals surface area contributed by atoms with Crippen molar-refractivity contribution in [1.82, 2.24) is 9.80 Å². The van der Waals surface area contributed by atoms with Crippen molar-refractivity contribution in [2.75, 3.05) is 45.9 Å². The van der Waals surface area contributed by atoms with Crippen LogP contribution in [0, 0.1) is 0 Å². The minimum absolute atomic E-state index is 0.718. The zero-order valence-corrected chi connectivity index (χ0v) is 15.2. The number of hydrogen-bond acceptors (Lipinski definition) is 3. The highest BCUT2D eigenvalue weighted by molar-refractivity contribution is 6.30. The summed E-state index contributed by atoms with van der Waals surface area (Å²) >= 11 is 5.88. The largest absolute Gasteiger partial charge is 0.492 e. The molecule has 0 amide bonds. The van der Waals surface area contributed by atoms with Gasteiger partial charge in [-0.25, -0.2) is 0 Å². The zero-order valence-electron chi connectivity index (χ0n) is 14.5. The first-order valence-corrected chi connectivity index (χ1v) is 9.22. The maximum Gasteiger partial charge on any atom is 0.119 e. The lowest BCUT2D eigenvalue weighted by Crippen LogP contribution is -2.47. The van der Waals surface area contributed by atoms with Crippen LogP contribution in [-0.4, -0.2) is 55.7 Å². The van der Waals surface area contributed by atoms with Gasteiger partial charge in [-0.1, -0.05) is 54.1 Å². The molecule has 0 bridgehead atoms. The van der Waals surface area contributed by atoms with E-state index in [2.05, 4.69) is 46.2 Å². The van der Waals surface area contributed by atoms with Gasteiger partial charge >= 0.3 is 0 Å². The Morgan fingerprint density at radius 2 is 1.56 bits per heavy atom. The molecule has 0 unspecified atom stereocenters. The molecule has 1 aliphatic rings. The second-order valence-corrected chi connectivity index (χ2v) is 6.69. The normalized spacial score (nSPS) is 16.4. The van der Waals surface area contributed by atoms with Gasteiger partial charge in [-0.15, -0.1) is 0 Å². The SMILES string of the molecule is Clc1ccc(OCCN2CCN(C/C=C/c3ccccc3)CC2)cc1. The third kappa shape index (κ3) is 6.20. The molecule has 1 fully saturated rings. The number of rotatable bonds is 7. The molecule has 25 heavy (non-hydrogen) atoms. The highest BCUT2D eigenvalue weighted by atomic mass is 35.5. The van der Waals surface area contributed by atoms with Crippen molar-refractivity contribution in [3.05, 3.63) is 71.3 Å². The van der Waals surface area contributed by atoms with Crippen molar-refractivity contribution in [2.24, 2.45) is 0 Å². The summed E-state index contributed by atoms with van der Waals surface area (Å²) in [6.45, 7) is 7.13. The Morgan fingerprint density at radius 1 is 0.880 bits per heavy atom. The molecule has 3 nitrogen and oxygen atoms in total. The van der Waals surface area contributed by atoms with Crippen LogP contribution in [0.4, 0.5) is 0 Å². The van der Waals surface area contributed by atoms with E-state index in [-0.39, 0.29) is 0 Å². The standard InChI is InChI=1S/C21H25ClN2O/c22-20-8-10-21(11-9-20)25-18-17-24-15-13-23(14-16-24)12-4-7-19-5-2-1-3-6-19/h1-11H,12-18H2/b7-4+. The van der Waals surface area contributed by atoms with Crippen LogP contribution in [0.3, 0.4) is 0 Å². The number of piperazine rings is 1. The van der Waals surface area contributed by atoms with Gasteiger partial charge in [0, 0.05) is 44.3 Å². The van der Waals surface area contributed by atoms with Gasteiger partial charge in [0.25, 0.3) is 0 Å². The van der Waals surface area contributed by atoms with E-state index in [1.54, 1.807) is 0 Å². The molecule has 0 spiro atoms. The predicted octanol–water partition coefficient (Wildman–Crippen LogP) is 4.05. The molecule has 0 N–H and O–H groups in total. The van der Waals surface area contributed by atoms with E-state index in [0.717, 1.165) is 56.6 Å². The van der Waals surface area contributed by atoms with E-state index in [1.807, 2.05) is 30.3 Å². The number of nitrogens with zero attached hydrogens (tertiary/aromatic N) is 2. The molecule has 1 saturated heterocycles. The lowest BCUT2D eigenvalue weighted by atomic mass is 10.2. The molecule has 132 valence electrons. The lowest BCUT2D eigenvalue weighted by Gasteiger charge is -2.34. The highest BCUT2D eigenvalue weighted by Gasteiger charge is 2.15. The predicted molar refractivity (Wildman–Crippen MR) is 105 cm³/mol. The minimum atomic E-state index is 0.718. The lowest BCUT2D eigenvalue weighted by molar-refractivity contribution is 0.125. The summed E-state index contributed by atoms with van der Waals surface area (Å²) in [6, 6.07) is 18.0. The molecule has 1 heterocycles. The first-order chi connectivity index (χ1) is 12.3. The number of benzene rings is 2. The van der Waals surface area contributed by atoms with Gasteiger partial charge < -0.3 is 4.74 Å². The summed E-state index contributed by atoms with van der Waals surface area (Å²) in [6.07, 6.45) is 4.46. The van der Waals surface area contributed by atoms with E-state index in [9.17, 15) is 0 Å². The van der Waals surface area contributed by atoms with Crippen molar-refractivity contribution in [3.63, 3.8) is 0 Å². The molecule has 2 aromatic carbocycles. The first kappa shape index (κ1) is 18.0. The summed E-state index contributed by atoms with van der Waals surface area (Å²) in [5.41, 5.74) is 1.26. The molecule has 0 aromatic heterocycles. The number of hydrogen-bond donors (Lipinski definition) is 0. The molecular weight excluding hydrogens is 332 g/mol. The Bertz CT molecular complexity index is 649. The summed E-state index contributed by atoms with van der Waals surface area (Å²) in [4.78, 5) is 4.96. The molecule has 4 heteroatoms. The van der Waals surface area contributed by atoms with Gasteiger partial charge in [0.15, 0.2) is 0 Å². The second-order valence-electron chi connectivity index (χ2n) is 6.26. The smallest absolute Gasteiger partial charge is 0.119 e. The summed E-state index contributed by atoms with van der Waals surface area (Å²) < 4.78 is 5.78. The Hall–Kier alpha value is -1.81. The van der Waals surface area contributed by atoms with Crippen molar-refractivity contribution in [2.45, 2.75) is 0 Å². The summed E-state index contributed by atoms with van der Waals surface area (Å²) in [5.74, 6) is 0.883. The fraction of sp³-hybridized carbons (Fsp3) is 0.333. The van der Waals surface area contributed by atoms with E-state index < -0.39 is 0 Å². The Labute approximate surface area is 155 Å². The molecule has 0 radical (unpaired) electrons. The van der Waals surface area contributed by atoms with Crippen LogP contribution in [0.25, 0.3) is 6.08 Å².